The smallest absolute Gasteiger partial charge is 0.0223 e. The Kier molecular flexibility index (Phi) is 4.20. The van der Waals surface area contributed by atoms with Crippen molar-refractivity contribution in [2.24, 2.45) is 5.92 Å². The molecular weight excluding hydrogens is 144 g/mol. The van der Waals surface area contributed by atoms with Gasteiger partial charge in [-0.05, 0) is 31.6 Å². The molecule has 0 bridgehead atoms. The monoisotopic (exact) mass is 159 g/mol. The topological polar surface area (TPSA) is 0 Å². The first-order chi connectivity index (χ1) is 4.93. The fourth-order valence-corrected chi connectivity index (χ4v) is 1.80. The first-order valence-electron chi connectivity index (χ1n) is 4.31. The average molecular weight is 160 g/mol. The third-order valence-electron chi connectivity index (χ3n) is 2.28. The highest BCUT2D eigenvalue weighted by molar-refractivity contribution is 6.17. The van der Waals surface area contributed by atoms with Gasteiger partial charge in [0.25, 0.3) is 0 Å². The first-order valence-corrected chi connectivity index (χ1v) is 4.84. The Labute approximate surface area is 69.0 Å². The number of hydrogen-bond donors (Lipinski definition) is 0. The normalized spacial score (nSPS) is 20.1. The van der Waals surface area contributed by atoms with Gasteiger partial charge in [0.2, 0.25) is 0 Å². The van der Waals surface area contributed by atoms with E-state index in [1.165, 1.54) is 38.5 Å². The van der Waals surface area contributed by atoms with Gasteiger partial charge in [-0.2, -0.15) is 0 Å². The number of hydrogen-bond acceptors (Lipinski definition) is 0. The lowest BCUT2D eigenvalue weighted by Crippen LogP contribution is -1.92. The molecule has 59 valence electrons. The van der Waals surface area contributed by atoms with Crippen LogP contribution in [0.1, 0.15) is 38.5 Å². The van der Waals surface area contributed by atoms with Crippen molar-refractivity contribution in [3.05, 3.63) is 6.42 Å². The molecule has 0 amide bonds. The predicted molar refractivity (Wildman–Crippen MR) is 46.2 cm³/mol. The van der Waals surface area contributed by atoms with Crippen molar-refractivity contribution >= 4 is 11.6 Å². The zero-order valence-electron chi connectivity index (χ0n) is 6.48. The minimum absolute atomic E-state index is 0.844. The Morgan fingerprint density at radius 3 is 2.90 bits per heavy atom. The molecule has 1 rings (SSSR count). The maximum absolute atomic E-state index is 5.58. The number of halogens is 1. The number of rotatable bonds is 4. The van der Waals surface area contributed by atoms with Gasteiger partial charge in [0, 0.05) is 5.88 Å². The third kappa shape index (κ3) is 2.92. The van der Waals surface area contributed by atoms with Gasteiger partial charge in [0.1, 0.15) is 0 Å². The van der Waals surface area contributed by atoms with E-state index in [1.54, 1.807) is 0 Å². The number of alkyl halides is 1. The molecule has 1 unspecified atom stereocenters. The van der Waals surface area contributed by atoms with Crippen LogP contribution >= 0.6 is 11.6 Å². The second-order valence-corrected chi connectivity index (χ2v) is 3.53. The van der Waals surface area contributed by atoms with Gasteiger partial charge in [-0.3, -0.25) is 0 Å². The van der Waals surface area contributed by atoms with Gasteiger partial charge in [0.05, 0.1) is 0 Å². The molecule has 1 radical (unpaired) electrons. The molecule has 0 aromatic heterocycles. The molecule has 0 heterocycles. The highest BCUT2D eigenvalue weighted by atomic mass is 35.5. The molecule has 1 aliphatic rings. The van der Waals surface area contributed by atoms with Crippen molar-refractivity contribution in [3.8, 4) is 0 Å². The fraction of sp³-hybridized carbons (Fsp3) is 0.889. The Bertz CT molecular complexity index is 74.8. The van der Waals surface area contributed by atoms with Gasteiger partial charge in [-0.25, -0.2) is 0 Å². The highest BCUT2D eigenvalue weighted by Crippen LogP contribution is 2.28. The van der Waals surface area contributed by atoms with E-state index < -0.39 is 0 Å². The summed E-state index contributed by atoms with van der Waals surface area (Å²) < 4.78 is 0. The van der Waals surface area contributed by atoms with Crippen molar-refractivity contribution < 1.29 is 0 Å². The molecule has 10 heavy (non-hydrogen) atoms. The van der Waals surface area contributed by atoms with Crippen LogP contribution in [0.15, 0.2) is 0 Å². The third-order valence-corrected chi connectivity index (χ3v) is 2.54. The van der Waals surface area contributed by atoms with Gasteiger partial charge < -0.3 is 0 Å². The zero-order chi connectivity index (χ0) is 7.23. The van der Waals surface area contributed by atoms with Crippen LogP contribution in [-0.4, -0.2) is 5.88 Å². The van der Waals surface area contributed by atoms with Crippen LogP contribution in [0.25, 0.3) is 0 Å². The molecule has 1 fully saturated rings. The van der Waals surface area contributed by atoms with Crippen molar-refractivity contribution in [2.45, 2.75) is 38.5 Å². The standard InChI is InChI=1S/C9H16Cl/c10-8-4-3-7-9-5-1-2-6-9/h1,9H,2-8H2. The van der Waals surface area contributed by atoms with E-state index in [1.807, 2.05) is 0 Å². The SMILES string of the molecule is ClCCCCC1C[CH]CC1. The first kappa shape index (κ1) is 8.39. The second-order valence-electron chi connectivity index (χ2n) is 3.15. The van der Waals surface area contributed by atoms with Crippen LogP contribution in [-0.2, 0) is 0 Å². The average Bonchev–Trinajstić information content (AvgIpc) is 2.41. The summed E-state index contributed by atoms with van der Waals surface area (Å²) in [5, 5.41) is 0. The van der Waals surface area contributed by atoms with Crippen LogP contribution in [0, 0.1) is 12.3 Å². The molecule has 1 saturated carbocycles. The van der Waals surface area contributed by atoms with E-state index in [0.29, 0.717) is 0 Å². The van der Waals surface area contributed by atoms with Crippen molar-refractivity contribution in [2.75, 3.05) is 5.88 Å². The Morgan fingerprint density at radius 1 is 1.40 bits per heavy atom. The number of unbranched alkanes of at least 4 members (excludes halogenated alkanes) is 1. The molecule has 0 spiro atoms. The summed E-state index contributed by atoms with van der Waals surface area (Å²) in [5.74, 6) is 1.85. The quantitative estimate of drug-likeness (QED) is 0.436. The van der Waals surface area contributed by atoms with E-state index in [-0.39, 0.29) is 0 Å². The van der Waals surface area contributed by atoms with Gasteiger partial charge in [-0.15, -0.1) is 11.6 Å². The Balaban J connectivity index is 1.91. The molecule has 0 nitrogen and oxygen atoms in total. The van der Waals surface area contributed by atoms with Crippen LogP contribution in [0.3, 0.4) is 0 Å². The maximum atomic E-state index is 5.58. The van der Waals surface area contributed by atoms with Gasteiger partial charge in [0.15, 0.2) is 0 Å². The Hall–Kier alpha value is 0.290. The largest absolute Gasteiger partial charge is 0.127 e. The zero-order valence-corrected chi connectivity index (χ0v) is 7.24. The summed E-state index contributed by atoms with van der Waals surface area (Å²) >= 11 is 5.58. The van der Waals surface area contributed by atoms with Crippen molar-refractivity contribution in [1.82, 2.24) is 0 Å². The van der Waals surface area contributed by atoms with Crippen molar-refractivity contribution in [3.63, 3.8) is 0 Å². The van der Waals surface area contributed by atoms with Crippen LogP contribution in [0.5, 0.6) is 0 Å². The molecular formula is C9H16Cl. The molecule has 0 aliphatic heterocycles. The van der Waals surface area contributed by atoms with E-state index >= 15 is 0 Å². The molecule has 0 N–H and O–H groups in total. The lowest BCUT2D eigenvalue weighted by atomic mass is 10.0. The summed E-state index contributed by atoms with van der Waals surface area (Å²) in [6.07, 6.45) is 10.5. The molecule has 0 saturated heterocycles. The minimum Gasteiger partial charge on any atom is -0.127 e. The van der Waals surface area contributed by atoms with Crippen molar-refractivity contribution in [1.29, 1.82) is 0 Å². The fourth-order valence-electron chi connectivity index (χ4n) is 1.61. The minimum atomic E-state index is 0.844. The summed E-state index contributed by atoms with van der Waals surface area (Å²) in [5.41, 5.74) is 0. The van der Waals surface area contributed by atoms with E-state index in [0.717, 1.165) is 11.8 Å². The molecule has 1 aliphatic carbocycles. The van der Waals surface area contributed by atoms with Crippen LogP contribution < -0.4 is 0 Å². The molecule has 0 aromatic carbocycles. The van der Waals surface area contributed by atoms with E-state index in [4.69, 9.17) is 11.6 Å². The lowest BCUT2D eigenvalue weighted by Gasteiger charge is -2.05. The van der Waals surface area contributed by atoms with Crippen LogP contribution in [0.4, 0.5) is 0 Å². The predicted octanol–water partition coefficient (Wildman–Crippen LogP) is 3.40. The molecule has 1 heteroatoms. The lowest BCUT2D eigenvalue weighted by molar-refractivity contribution is 0.486. The summed E-state index contributed by atoms with van der Waals surface area (Å²) in [4.78, 5) is 0. The van der Waals surface area contributed by atoms with E-state index in [2.05, 4.69) is 6.42 Å². The molecule has 0 aromatic rings. The molecule has 1 atom stereocenters. The highest BCUT2D eigenvalue weighted by Gasteiger charge is 2.13. The van der Waals surface area contributed by atoms with E-state index in [9.17, 15) is 0 Å². The second kappa shape index (κ2) is 5.01. The van der Waals surface area contributed by atoms with Gasteiger partial charge in [-0.1, -0.05) is 19.3 Å². The van der Waals surface area contributed by atoms with Crippen LogP contribution in [0.2, 0.25) is 0 Å². The summed E-state index contributed by atoms with van der Waals surface area (Å²) in [6.45, 7) is 0. The summed E-state index contributed by atoms with van der Waals surface area (Å²) in [7, 11) is 0. The maximum Gasteiger partial charge on any atom is 0.0223 e. The van der Waals surface area contributed by atoms with Gasteiger partial charge >= 0.3 is 0 Å². The Morgan fingerprint density at radius 2 is 2.30 bits per heavy atom. The summed E-state index contributed by atoms with van der Waals surface area (Å²) in [6, 6.07) is 0.